The van der Waals surface area contributed by atoms with Crippen molar-refractivity contribution in [1.29, 1.82) is 5.26 Å². The number of H-pyrrole nitrogens is 1. The highest BCUT2D eigenvalue weighted by molar-refractivity contribution is 5.32. The molecule has 0 amide bonds. The van der Waals surface area contributed by atoms with Crippen molar-refractivity contribution in [3.8, 4) is 6.07 Å². The highest BCUT2D eigenvalue weighted by atomic mass is 19.3. The van der Waals surface area contributed by atoms with Gasteiger partial charge in [-0.2, -0.15) is 5.26 Å². The molecule has 0 bridgehead atoms. The minimum absolute atomic E-state index is 0.377. The second-order valence-corrected chi connectivity index (χ2v) is 2.18. The van der Waals surface area contributed by atoms with Crippen LogP contribution in [0.2, 0.25) is 0 Å². The van der Waals surface area contributed by atoms with E-state index < -0.39 is 29.1 Å². The normalized spacial score (nSPS) is 10.1. The Morgan fingerprint density at radius 1 is 1.54 bits per heavy atom. The zero-order valence-electron chi connectivity index (χ0n) is 6.14. The van der Waals surface area contributed by atoms with Gasteiger partial charge in [0, 0.05) is 6.07 Å². The molecule has 68 valence electrons. The van der Waals surface area contributed by atoms with Crippen LogP contribution in [0.4, 0.5) is 13.2 Å². The highest BCUT2D eigenvalue weighted by Gasteiger charge is 2.19. The zero-order chi connectivity index (χ0) is 10.0. The number of aromatic amines is 1. The predicted molar refractivity (Wildman–Crippen MR) is 36.7 cm³/mol. The molecule has 0 aliphatic carbocycles. The fraction of sp³-hybridized carbons (Fsp3) is 0.143. The van der Waals surface area contributed by atoms with Crippen molar-refractivity contribution < 1.29 is 13.2 Å². The average Bonchev–Trinajstić information content (AvgIpc) is 2.01. The maximum absolute atomic E-state index is 12.7. The summed E-state index contributed by atoms with van der Waals surface area (Å²) < 4.78 is 36.9. The number of nitrogens with zero attached hydrogens (tertiary/aromatic N) is 1. The van der Waals surface area contributed by atoms with Crippen LogP contribution in [0, 0.1) is 17.1 Å². The summed E-state index contributed by atoms with van der Waals surface area (Å²) in [4.78, 5) is 12.4. The quantitative estimate of drug-likeness (QED) is 0.722. The van der Waals surface area contributed by atoms with Gasteiger partial charge in [0.15, 0.2) is 0 Å². The minimum atomic E-state index is -3.12. The largest absolute Gasteiger partial charge is 0.313 e. The molecular weight excluding hydrogens is 185 g/mol. The van der Waals surface area contributed by atoms with Crippen molar-refractivity contribution >= 4 is 0 Å². The van der Waals surface area contributed by atoms with Crippen molar-refractivity contribution in [1.82, 2.24) is 4.98 Å². The summed E-state index contributed by atoms with van der Waals surface area (Å²) in [6.45, 7) is 0. The van der Waals surface area contributed by atoms with Gasteiger partial charge in [-0.3, -0.25) is 4.79 Å². The van der Waals surface area contributed by atoms with Gasteiger partial charge in [-0.1, -0.05) is 0 Å². The Kier molecular flexibility index (Phi) is 2.37. The van der Waals surface area contributed by atoms with Gasteiger partial charge in [0.1, 0.15) is 17.6 Å². The Morgan fingerprint density at radius 3 is 2.62 bits per heavy atom. The van der Waals surface area contributed by atoms with E-state index in [-0.39, 0.29) is 0 Å². The number of alkyl halides is 2. The van der Waals surface area contributed by atoms with Crippen molar-refractivity contribution in [2.24, 2.45) is 0 Å². The lowest BCUT2D eigenvalue weighted by Crippen LogP contribution is -2.11. The smallest absolute Gasteiger partial charge is 0.269 e. The number of pyridine rings is 1. The van der Waals surface area contributed by atoms with Crippen LogP contribution in [0.25, 0.3) is 0 Å². The maximum Gasteiger partial charge on any atom is 0.269 e. The van der Waals surface area contributed by atoms with Crippen LogP contribution < -0.4 is 5.56 Å². The molecule has 1 rings (SSSR count). The van der Waals surface area contributed by atoms with Crippen LogP contribution in [0.1, 0.15) is 17.7 Å². The number of aromatic nitrogens is 1. The van der Waals surface area contributed by atoms with E-state index in [1.54, 1.807) is 0 Å². The zero-order valence-corrected chi connectivity index (χ0v) is 6.14. The molecule has 1 aromatic rings. The molecular formula is C7H3F3N2O. The van der Waals surface area contributed by atoms with Crippen molar-refractivity contribution in [3.05, 3.63) is 33.5 Å². The first kappa shape index (κ1) is 9.32. The van der Waals surface area contributed by atoms with Gasteiger partial charge in [0.05, 0.1) is 5.56 Å². The van der Waals surface area contributed by atoms with Gasteiger partial charge in [-0.25, -0.2) is 13.2 Å². The first-order chi connectivity index (χ1) is 6.06. The standard InChI is InChI=1S/C7H3F3N2O/c8-3-1-5(13)12-4(2-11)6(3)7(9)10/h1,7H,(H,12,13). The summed E-state index contributed by atoms with van der Waals surface area (Å²) in [5, 5.41) is 8.30. The summed E-state index contributed by atoms with van der Waals surface area (Å²) in [5.41, 5.74) is -2.72. The second kappa shape index (κ2) is 3.31. The van der Waals surface area contributed by atoms with Gasteiger partial charge in [0.25, 0.3) is 12.0 Å². The summed E-state index contributed by atoms with van der Waals surface area (Å²) >= 11 is 0. The number of nitriles is 1. The fourth-order valence-electron chi connectivity index (χ4n) is 0.840. The Morgan fingerprint density at radius 2 is 2.15 bits per heavy atom. The topological polar surface area (TPSA) is 56.6 Å². The summed E-state index contributed by atoms with van der Waals surface area (Å²) in [7, 11) is 0. The molecule has 13 heavy (non-hydrogen) atoms. The van der Waals surface area contributed by atoms with Crippen LogP contribution >= 0.6 is 0 Å². The lowest BCUT2D eigenvalue weighted by atomic mass is 10.2. The molecule has 0 spiro atoms. The molecule has 0 aliphatic rings. The molecule has 0 saturated heterocycles. The van der Waals surface area contributed by atoms with Crippen LogP contribution in [0.5, 0.6) is 0 Å². The fourth-order valence-corrected chi connectivity index (χ4v) is 0.840. The Bertz CT molecular complexity index is 419. The van der Waals surface area contributed by atoms with Gasteiger partial charge in [-0.05, 0) is 0 Å². The molecule has 0 radical (unpaired) electrons. The molecule has 0 saturated carbocycles. The van der Waals surface area contributed by atoms with Gasteiger partial charge < -0.3 is 4.98 Å². The van der Waals surface area contributed by atoms with Crippen molar-refractivity contribution in [2.45, 2.75) is 6.43 Å². The maximum atomic E-state index is 12.7. The van der Waals surface area contributed by atoms with E-state index >= 15 is 0 Å². The first-order valence-electron chi connectivity index (χ1n) is 3.17. The number of nitrogens with one attached hydrogen (secondary N) is 1. The molecule has 1 heterocycles. The molecule has 0 aromatic carbocycles. The minimum Gasteiger partial charge on any atom is -0.313 e. The lowest BCUT2D eigenvalue weighted by Gasteiger charge is -2.02. The first-order valence-corrected chi connectivity index (χ1v) is 3.17. The predicted octanol–water partition coefficient (Wildman–Crippen LogP) is 1.32. The number of hydrogen-bond acceptors (Lipinski definition) is 2. The lowest BCUT2D eigenvalue weighted by molar-refractivity contribution is 0.145. The SMILES string of the molecule is N#Cc1[nH]c(=O)cc(F)c1C(F)F. The molecule has 0 aliphatic heterocycles. The third kappa shape index (κ3) is 1.69. The Labute approximate surface area is 70.4 Å². The second-order valence-electron chi connectivity index (χ2n) is 2.18. The van der Waals surface area contributed by atoms with Gasteiger partial charge >= 0.3 is 0 Å². The van der Waals surface area contributed by atoms with Crippen LogP contribution in [0.3, 0.4) is 0 Å². The number of rotatable bonds is 1. The van der Waals surface area contributed by atoms with Crippen molar-refractivity contribution in [3.63, 3.8) is 0 Å². The summed E-state index contributed by atoms with van der Waals surface area (Å²) in [6.07, 6.45) is -3.12. The van der Waals surface area contributed by atoms with E-state index in [1.165, 1.54) is 6.07 Å². The summed E-state index contributed by atoms with van der Waals surface area (Å²) in [5.74, 6) is -1.37. The Hall–Kier alpha value is -1.77. The van der Waals surface area contributed by atoms with Crippen LogP contribution in [0.15, 0.2) is 10.9 Å². The highest BCUT2D eigenvalue weighted by Crippen LogP contribution is 2.22. The molecule has 0 unspecified atom stereocenters. The van der Waals surface area contributed by atoms with Crippen molar-refractivity contribution in [2.75, 3.05) is 0 Å². The molecule has 0 atom stereocenters. The van der Waals surface area contributed by atoms with Gasteiger partial charge in [-0.15, -0.1) is 0 Å². The average molecular weight is 188 g/mol. The van der Waals surface area contributed by atoms with E-state index in [1.807, 2.05) is 4.98 Å². The monoisotopic (exact) mass is 188 g/mol. The van der Waals surface area contributed by atoms with E-state index in [4.69, 9.17) is 5.26 Å². The van der Waals surface area contributed by atoms with Crippen LogP contribution in [-0.2, 0) is 0 Å². The van der Waals surface area contributed by atoms with Gasteiger partial charge in [0.2, 0.25) is 0 Å². The van der Waals surface area contributed by atoms with E-state index in [0.29, 0.717) is 6.07 Å². The molecule has 6 heteroatoms. The molecule has 0 fully saturated rings. The third-order valence-electron chi connectivity index (χ3n) is 1.36. The molecule has 1 aromatic heterocycles. The summed E-state index contributed by atoms with van der Waals surface area (Å²) in [6, 6.07) is 1.66. The number of halogens is 3. The van der Waals surface area contributed by atoms with E-state index in [9.17, 15) is 18.0 Å². The molecule has 3 nitrogen and oxygen atoms in total. The van der Waals surface area contributed by atoms with E-state index in [2.05, 4.69) is 0 Å². The van der Waals surface area contributed by atoms with E-state index in [0.717, 1.165) is 0 Å². The van der Waals surface area contributed by atoms with Crippen LogP contribution in [-0.4, -0.2) is 4.98 Å². The number of hydrogen-bond donors (Lipinski definition) is 1. The molecule has 1 N–H and O–H groups in total. The third-order valence-corrected chi connectivity index (χ3v) is 1.36. The Balaban J connectivity index is 3.50.